The number of hydrogen-bond acceptors (Lipinski definition) is 1. The molecule has 1 atom stereocenters. The first-order valence-electron chi connectivity index (χ1n) is 4.46. The Labute approximate surface area is 68.8 Å². The number of aliphatic hydroxyl groups excluding tert-OH is 1. The maximum Gasteiger partial charge on any atom is 0.0677 e. The van der Waals surface area contributed by atoms with Gasteiger partial charge in [-0.2, -0.15) is 0 Å². The SMILES string of the molecule is C#CC[C@H](O)C1CCCCC1. The van der Waals surface area contributed by atoms with Crippen LogP contribution >= 0.6 is 0 Å². The van der Waals surface area contributed by atoms with Crippen LogP contribution < -0.4 is 0 Å². The summed E-state index contributed by atoms with van der Waals surface area (Å²) in [5.41, 5.74) is 0. The van der Waals surface area contributed by atoms with E-state index in [0.717, 1.165) is 0 Å². The van der Waals surface area contributed by atoms with Crippen molar-refractivity contribution in [1.82, 2.24) is 0 Å². The van der Waals surface area contributed by atoms with Gasteiger partial charge in [-0.15, -0.1) is 12.3 Å². The molecule has 0 aromatic carbocycles. The van der Waals surface area contributed by atoms with E-state index in [2.05, 4.69) is 5.92 Å². The molecule has 0 heterocycles. The van der Waals surface area contributed by atoms with Gasteiger partial charge in [-0.1, -0.05) is 19.3 Å². The van der Waals surface area contributed by atoms with Gasteiger partial charge in [-0.05, 0) is 18.8 Å². The summed E-state index contributed by atoms with van der Waals surface area (Å²) in [6.07, 6.45) is 11.6. The van der Waals surface area contributed by atoms with Crippen LogP contribution in [0.25, 0.3) is 0 Å². The molecule has 0 radical (unpaired) electrons. The van der Waals surface area contributed by atoms with Crippen molar-refractivity contribution in [3.8, 4) is 12.3 Å². The summed E-state index contributed by atoms with van der Waals surface area (Å²) in [7, 11) is 0. The zero-order chi connectivity index (χ0) is 8.10. The van der Waals surface area contributed by atoms with Gasteiger partial charge >= 0.3 is 0 Å². The fraction of sp³-hybridized carbons (Fsp3) is 0.800. The van der Waals surface area contributed by atoms with E-state index in [9.17, 15) is 5.11 Å². The lowest BCUT2D eigenvalue weighted by Gasteiger charge is -2.25. The molecule has 0 saturated heterocycles. The van der Waals surface area contributed by atoms with Crippen LogP contribution in [0.5, 0.6) is 0 Å². The van der Waals surface area contributed by atoms with Crippen molar-refractivity contribution < 1.29 is 5.11 Å². The third-order valence-corrected chi connectivity index (χ3v) is 2.52. The first-order chi connectivity index (χ1) is 5.34. The van der Waals surface area contributed by atoms with Crippen molar-refractivity contribution in [2.24, 2.45) is 5.92 Å². The molecule has 1 aliphatic rings. The normalized spacial score (nSPS) is 22.5. The minimum atomic E-state index is -0.236. The maximum atomic E-state index is 9.53. The Morgan fingerprint density at radius 2 is 2.00 bits per heavy atom. The molecular formula is C10H16O. The van der Waals surface area contributed by atoms with Gasteiger partial charge in [0.1, 0.15) is 0 Å². The minimum absolute atomic E-state index is 0.236. The summed E-state index contributed by atoms with van der Waals surface area (Å²) < 4.78 is 0. The Kier molecular flexibility index (Phi) is 3.45. The predicted molar refractivity (Wildman–Crippen MR) is 46.0 cm³/mol. The molecule has 0 aromatic heterocycles. The van der Waals surface area contributed by atoms with Gasteiger partial charge in [0.05, 0.1) is 6.10 Å². The van der Waals surface area contributed by atoms with Gasteiger partial charge in [0.25, 0.3) is 0 Å². The van der Waals surface area contributed by atoms with E-state index in [1.165, 1.54) is 32.1 Å². The molecule has 62 valence electrons. The number of aliphatic hydroxyl groups is 1. The average Bonchev–Trinajstić information content (AvgIpc) is 2.07. The molecule has 1 saturated carbocycles. The molecule has 1 N–H and O–H groups in total. The molecule has 0 unspecified atom stereocenters. The van der Waals surface area contributed by atoms with Gasteiger partial charge in [0.15, 0.2) is 0 Å². The Bertz CT molecular complexity index is 139. The first kappa shape index (κ1) is 8.62. The zero-order valence-corrected chi connectivity index (χ0v) is 6.92. The average molecular weight is 152 g/mol. The van der Waals surface area contributed by atoms with Gasteiger partial charge < -0.3 is 5.11 Å². The summed E-state index contributed by atoms with van der Waals surface area (Å²) in [6, 6.07) is 0. The van der Waals surface area contributed by atoms with E-state index < -0.39 is 0 Å². The smallest absolute Gasteiger partial charge is 0.0677 e. The Morgan fingerprint density at radius 3 is 2.55 bits per heavy atom. The van der Waals surface area contributed by atoms with Crippen LogP contribution in [0.3, 0.4) is 0 Å². The van der Waals surface area contributed by atoms with E-state index >= 15 is 0 Å². The highest BCUT2D eigenvalue weighted by molar-refractivity contribution is 4.89. The topological polar surface area (TPSA) is 20.2 Å². The van der Waals surface area contributed by atoms with Gasteiger partial charge in [-0.3, -0.25) is 0 Å². The lowest BCUT2D eigenvalue weighted by atomic mass is 9.84. The largest absolute Gasteiger partial charge is 0.392 e. The molecule has 1 aliphatic carbocycles. The quantitative estimate of drug-likeness (QED) is 0.600. The number of terminal acetylenes is 1. The minimum Gasteiger partial charge on any atom is -0.392 e. The third kappa shape index (κ3) is 2.55. The van der Waals surface area contributed by atoms with Crippen LogP contribution in [0.1, 0.15) is 38.5 Å². The van der Waals surface area contributed by atoms with Crippen molar-refractivity contribution in [2.45, 2.75) is 44.6 Å². The van der Waals surface area contributed by atoms with E-state index in [1.807, 2.05) is 0 Å². The standard InChI is InChI=1S/C10H16O/c1-2-6-10(11)9-7-4-3-5-8-9/h1,9-11H,3-8H2/t10-/m0/s1. The van der Waals surface area contributed by atoms with Crippen LogP contribution in [-0.2, 0) is 0 Å². The van der Waals surface area contributed by atoms with Gasteiger partial charge in [-0.25, -0.2) is 0 Å². The molecule has 0 bridgehead atoms. The van der Waals surface area contributed by atoms with E-state index in [0.29, 0.717) is 12.3 Å². The van der Waals surface area contributed by atoms with Crippen molar-refractivity contribution in [3.63, 3.8) is 0 Å². The Morgan fingerprint density at radius 1 is 1.36 bits per heavy atom. The molecule has 11 heavy (non-hydrogen) atoms. The van der Waals surface area contributed by atoms with E-state index in [4.69, 9.17) is 6.42 Å². The highest BCUT2D eigenvalue weighted by Gasteiger charge is 2.20. The van der Waals surface area contributed by atoms with E-state index in [-0.39, 0.29) is 6.10 Å². The van der Waals surface area contributed by atoms with Crippen LogP contribution in [-0.4, -0.2) is 11.2 Å². The molecule has 0 aliphatic heterocycles. The Hall–Kier alpha value is -0.480. The molecule has 0 spiro atoms. The highest BCUT2D eigenvalue weighted by atomic mass is 16.3. The van der Waals surface area contributed by atoms with Crippen molar-refractivity contribution in [1.29, 1.82) is 0 Å². The molecule has 0 aromatic rings. The Balaban J connectivity index is 2.27. The summed E-state index contributed by atoms with van der Waals surface area (Å²) in [4.78, 5) is 0. The van der Waals surface area contributed by atoms with Crippen LogP contribution in [0.4, 0.5) is 0 Å². The monoisotopic (exact) mass is 152 g/mol. The number of rotatable bonds is 2. The first-order valence-corrected chi connectivity index (χ1v) is 4.46. The van der Waals surface area contributed by atoms with Crippen molar-refractivity contribution >= 4 is 0 Å². The molecular weight excluding hydrogens is 136 g/mol. The molecule has 1 heteroatoms. The van der Waals surface area contributed by atoms with Crippen LogP contribution in [0.15, 0.2) is 0 Å². The lowest BCUT2D eigenvalue weighted by molar-refractivity contribution is 0.0892. The second-order valence-corrected chi connectivity index (χ2v) is 3.37. The fourth-order valence-electron chi connectivity index (χ4n) is 1.81. The van der Waals surface area contributed by atoms with Crippen molar-refractivity contribution in [2.75, 3.05) is 0 Å². The summed E-state index contributed by atoms with van der Waals surface area (Å²) in [6.45, 7) is 0. The summed E-state index contributed by atoms with van der Waals surface area (Å²) in [5, 5.41) is 9.53. The highest BCUT2D eigenvalue weighted by Crippen LogP contribution is 2.27. The molecule has 1 rings (SSSR count). The number of hydrogen-bond donors (Lipinski definition) is 1. The second kappa shape index (κ2) is 4.41. The van der Waals surface area contributed by atoms with Crippen LogP contribution in [0, 0.1) is 18.3 Å². The van der Waals surface area contributed by atoms with Crippen molar-refractivity contribution in [3.05, 3.63) is 0 Å². The predicted octanol–water partition coefficient (Wildman–Crippen LogP) is 1.95. The molecule has 0 amide bonds. The summed E-state index contributed by atoms with van der Waals surface area (Å²) in [5.74, 6) is 3.00. The lowest BCUT2D eigenvalue weighted by Crippen LogP contribution is -2.22. The molecule has 1 fully saturated rings. The second-order valence-electron chi connectivity index (χ2n) is 3.37. The molecule has 1 nitrogen and oxygen atoms in total. The van der Waals surface area contributed by atoms with Gasteiger partial charge in [0, 0.05) is 6.42 Å². The zero-order valence-electron chi connectivity index (χ0n) is 6.92. The van der Waals surface area contributed by atoms with Gasteiger partial charge in [0.2, 0.25) is 0 Å². The summed E-state index contributed by atoms with van der Waals surface area (Å²) >= 11 is 0. The van der Waals surface area contributed by atoms with Crippen LogP contribution in [0.2, 0.25) is 0 Å². The van der Waals surface area contributed by atoms with E-state index in [1.54, 1.807) is 0 Å². The fourth-order valence-corrected chi connectivity index (χ4v) is 1.81. The third-order valence-electron chi connectivity index (χ3n) is 2.52. The maximum absolute atomic E-state index is 9.53.